The van der Waals surface area contributed by atoms with Crippen LogP contribution < -0.4 is 14.8 Å². The largest absolute Gasteiger partial charge is 0.459 e. The molecule has 6 rings (SSSR count). The van der Waals surface area contributed by atoms with E-state index >= 15 is 0 Å². The fraction of sp³-hybridized carbons (Fsp3) is 0.500. The van der Waals surface area contributed by atoms with E-state index in [2.05, 4.69) is 42.7 Å². The smallest absolute Gasteiger partial charge is 0.412 e. The van der Waals surface area contributed by atoms with Crippen LogP contribution in [0.5, 0.6) is 11.5 Å². The number of carbonyl (C=O) groups is 2. The van der Waals surface area contributed by atoms with Crippen LogP contribution in [0.15, 0.2) is 103 Å². The maximum atomic E-state index is 14.9. The van der Waals surface area contributed by atoms with Gasteiger partial charge in [0.15, 0.2) is 0 Å². The Hall–Kier alpha value is -5.17. The number of ether oxygens (including phenoxy) is 4. The van der Waals surface area contributed by atoms with E-state index in [9.17, 15) is 19.8 Å². The van der Waals surface area contributed by atoms with Crippen molar-refractivity contribution in [2.75, 3.05) is 33.0 Å². The van der Waals surface area contributed by atoms with E-state index in [0.29, 0.717) is 43.0 Å². The van der Waals surface area contributed by atoms with Crippen molar-refractivity contribution in [3.63, 3.8) is 0 Å². The van der Waals surface area contributed by atoms with Crippen LogP contribution in [-0.2, 0) is 20.9 Å². The summed E-state index contributed by atoms with van der Waals surface area (Å²) >= 11 is 0. The monoisotopic (exact) mass is 851 g/mol. The number of hydrogen-bond donors (Lipinski definition) is 3. The van der Waals surface area contributed by atoms with E-state index in [0.717, 1.165) is 53.2 Å². The number of amides is 2. The van der Waals surface area contributed by atoms with Crippen LogP contribution in [0.2, 0.25) is 0 Å². The van der Waals surface area contributed by atoms with Gasteiger partial charge in [-0.3, -0.25) is 4.90 Å². The molecule has 12 nitrogen and oxygen atoms in total. The molecule has 62 heavy (non-hydrogen) atoms. The average Bonchev–Trinajstić information content (AvgIpc) is 3.25. The second-order valence-corrected chi connectivity index (χ2v) is 17.4. The van der Waals surface area contributed by atoms with E-state index in [1.54, 1.807) is 23.1 Å². The molecule has 3 aliphatic rings. The van der Waals surface area contributed by atoms with Gasteiger partial charge in [0.25, 0.3) is 0 Å². The number of unbranched alkanes of at least 4 members (excludes halogenated alkanes) is 2. The number of allylic oxidation sites excluding steroid dienone is 1. The highest BCUT2D eigenvalue weighted by Crippen LogP contribution is 2.62. The lowest BCUT2D eigenvalue weighted by molar-refractivity contribution is -0.256. The van der Waals surface area contributed by atoms with Crippen molar-refractivity contribution < 1.29 is 43.6 Å². The van der Waals surface area contributed by atoms with Crippen LogP contribution >= 0.6 is 0 Å². The first-order chi connectivity index (χ1) is 30.0. The van der Waals surface area contributed by atoms with Gasteiger partial charge in [-0.25, -0.2) is 9.59 Å². The zero-order chi connectivity index (χ0) is 44.3. The minimum atomic E-state index is -1.51. The topological polar surface area (TPSA) is 148 Å². The predicted molar refractivity (Wildman–Crippen MR) is 241 cm³/mol. The van der Waals surface area contributed by atoms with Crippen molar-refractivity contribution in [1.82, 2.24) is 10.2 Å². The quantitative estimate of drug-likeness (QED) is 0.0574. The number of oxime groups is 1. The van der Waals surface area contributed by atoms with Crippen molar-refractivity contribution in [3.8, 4) is 11.5 Å². The van der Waals surface area contributed by atoms with Crippen LogP contribution in [0, 0.1) is 17.8 Å². The number of benzene rings is 3. The molecule has 3 aromatic carbocycles. The lowest BCUT2D eigenvalue weighted by atomic mass is 9.55. The number of nitrogens with zero attached hydrogens (tertiary/aromatic N) is 2. The highest BCUT2D eigenvalue weighted by atomic mass is 16.7. The zero-order valence-corrected chi connectivity index (χ0v) is 36.9. The van der Waals surface area contributed by atoms with E-state index < -0.39 is 35.5 Å². The Morgan fingerprint density at radius 2 is 1.76 bits per heavy atom. The Labute approximate surface area is 366 Å². The van der Waals surface area contributed by atoms with Crippen molar-refractivity contribution in [2.24, 2.45) is 22.9 Å². The Morgan fingerprint density at radius 1 is 1.00 bits per heavy atom. The fourth-order valence-corrected chi connectivity index (χ4v) is 9.42. The van der Waals surface area contributed by atoms with Gasteiger partial charge in [0.1, 0.15) is 23.1 Å². The molecule has 3 aromatic rings. The number of aliphatic hydroxyl groups is 2. The number of carbonyl (C=O) groups excluding carboxylic acids is 2. The first-order valence-electron chi connectivity index (χ1n) is 22.2. The van der Waals surface area contributed by atoms with Crippen molar-refractivity contribution >= 4 is 28.7 Å². The number of rotatable bonds is 20. The number of aliphatic hydroxyl groups excluding tert-OH is 2. The van der Waals surface area contributed by atoms with Crippen molar-refractivity contribution in [2.45, 2.75) is 109 Å². The maximum absolute atomic E-state index is 14.9. The molecule has 1 heterocycles. The molecular weight excluding hydrogens is 787 g/mol. The second-order valence-electron chi connectivity index (χ2n) is 17.4. The summed E-state index contributed by atoms with van der Waals surface area (Å²) in [4.78, 5) is 35.7. The van der Waals surface area contributed by atoms with Crippen LogP contribution in [0.3, 0.4) is 0 Å². The average molecular weight is 852 g/mol. The molecule has 12 heteroatoms. The van der Waals surface area contributed by atoms with Gasteiger partial charge < -0.3 is 39.3 Å². The second kappa shape index (κ2) is 21.3. The lowest BCUT2D eigenvalue weighted by Crippen LogP contribution is -2.70. The van der Waals surface area contributed by atoms with Gasteiger partial charge in [-0.1, -0.05) is 78.7 Å². The molecule has 2 amide bonds. The number of hydrogen-bond acceptors (Lipinski definition) is 10. The standard InChI is InChI=1S/C50H65N3O9/c1-7-10-29-58-48(57)53(33-36-21-17-20-34-18-11-12-22-38(34)36)44-32-42(52-62-49(4,5)6)40-30-35(19-13-15-26-54)39(23-14-16-27-55)45-41-31-37(60-47(56)51-9-3)24-25-43(41)61-50(44,46(40)45)59-28-8-2/h7-8,11-12,17-18,20-22,24-25,30-31,35,39,44-46,54-55H,1-2,9-10,13-16,19,23,26-29,32-33H2,3-6H3,(H,51,56). The minimum Gasteiger partial charge on any atom is -0.459 e. The summed E-state index contributed by atoms with van der Waals surface area (Å²) in [5, 5.41) is 29.6. The van der Waals surface area contributed by atoms with E-state index in [-0.39, 0.29) is 57.1 Å². The summed E-state index contributed by atoms with van der Waals surface area (Å²) in [5.74, 6) is -1.45. The van der Waals surface area contributed by atoms with Gasteiger partial charge >= 0.3 is 12.2 Å². The van der Waals surface area contributed by atoms with Gasteiger partial charge in [0, 0.05) is 37.7 Å². The molecule has 0 bridgehead atoms. The van der Waals surface area contributed by atoms with Crippen LogP contribution in [0.1, 0.15) is 96.1 Å². The fourth-order valence-electron chi connectivity index (χ4n) is 9.42. The van der Waals surface area contributed by atoms with E-state index in [1.807, 2.05) is 64.1 Å². The maximum Gasteiger partial charge on any atom is 0.412 e. The highest BCUT2D eigenvalue weighted by molar-refractivity contribution is 6.03. The third-order valence-electron chi connectivity index (χ3n) is 12.0. The molecule has 1 fully saturated rings. The minimum absolute atomic E-state index is 0.0161. The molecule has 334 valence electrons. The Kier molecular flexibility index (Phi) is 15.9. The Morgan fingerprint density at radius 3 is 2.48 bits per heavy atom. The predicted octanol–water partition coefficient (Wildman–Crippen LogP) is 9.60. The normalized spacial score (nSPS) is 23.3. The Balaban J connectivity index is 1.64. The van der Waals surface area contributed by atoms with Crippen LogP contribution in [0.4, 0.5) is 9.59 Å². The summed E-state index contributed by atoms with van der Waals surface area (Å²) in [6.45, 7) is 16.5. The zero-order valence-electron chi connectivity index (χ0n) is 36.9. The first-order valence-corrected chi connectivity index (χ1v) is 22.2. The van der Waals surface area contributed by atoms with Gasteiger partial charge in [-0.15, -0.1) is 13.2 Å². The molecule has 2 aliphatic carbocycles. The van der Waals surface area contributed by atoms with E-state index in [1.165, 1.54) is 0 Å². The summed E-state index contributed by atoms with van der Waals surface area (Å²) in [5.41, 5.74) is 2.70. The van der Waals surface area contributed by atoms with Gasteiger partial charge in [0.2, 0.25) is 5.79 Å². The number of nitrogens with one attached hydrogen (secondary N) is 1. The van der Waals surface area contributed by atoms with Gasteiger partial charge in [-0.2, -0.15) is 0 Å². The highest BCUT2D eigenvalue weighted by Gasteiger charge is 2.66. The molecular formula is C50H65N3O9. The number of fused-ring (bicyclic) bond motifs is 3. The van der Waals surface area contributed by atoms with Crippen molar-refractivity contribution in [1.29, 1.82) is 0 Å². The van der Waals surface area contributed by atoms with Gasteiger partial charge in [-0.05, 0) is 112 Å². The van der Waals surface area contributed by atoms with E-state index in [4.69, 9.17) is 28.9 Å². The summed E-state index contributed by atoms with van der Waals surface area (Å²) in [6, 6.07) is 18.8. The summed E-state index contributed by atoms with van der Waals surface area (Å²) in [7, 11) is 0. The molecule has 0 spiro atoms. The third-order valence-corrected chi connectivity index (χ3v) is 12.0. The SMILES string of the molecule is C=CCCOC(=O)N(Cc1cccc2ccccc12)C1CC(=NOC(C)(C)C)C2=CC(CCCCO)C(CCCCO)C3c4cc(OC(=O)NCC)ccc4OC1(OCC=C)C23. The first kappa shape index (κ1) is 46.3. The molecule has 3 N–H and O–H groups in total. The molecule has 6 unspecified atom stereocenters. The molecule has 6 atom stereocenters. The lowest BCUT2D eigenvalue weighted by Gasteiger charge is -2.60. The van der Waals surface area contributed by atoms with Gasteiger partial charge in [0.05, 0.1) is 31.4 Å². The molecule has 0 radical (unpaired) electrons. The molecule has 1 aliphatic heterocycles. The van der Waals surface area contributed by atoms with Crippen LogP contribution in [-0.4, -0.2) is 83.4 Å². The third kappa shape index (κ3) is 10.5. The summed E-state index contributed by atoms with van der Waals surface area (Å²) in [6.07, 6.45) is 9.66. The summed E-state index contributed by atoms with van der Waals surface area (Å²) < 4.78 is 26.4. The Bertz CT molecular complexity index is 2090. The van der Waals surface area contributed by atoms with Crippen molar-refractivity contribution in [3.05, 3.63) is 109 Å². The molecule has 0 saturated heterocycles. The molecule has 1 saturated carbocycles. The molecule has 0 aromatic heterocycles. The van der Waals surface area contributed by atoms with Crippen LogP contribution in [0.25, 0.3) is 10.8 Å².